The van der Waals surface area contributed by atoms with Crippen molar-refractivity contribution in [3.8, 4) is 11.1 Å². The molecule has 5 rings (SSSR count). The molecule has 0 spiro atoms. The van der Waals surface area contributed by atoms with Gasteiger partial charge in [-0.05, 0) is 65.5 Å². The number of amides is 1. The first-order valence-corrected chi connectivity index (χ1v) is 13.1. The van der Waals surface area contributed by atoms with Gasteiger partial charge in [0.25, 0.3) is 0 Å². The van der Waals surface area contributed by atoms with E-state index in [1.807, 2.05) is 6.07 Å². The van der Waals surface area contributed by atoms with Gasteiger partial charge in [-0.15, -0.1) is 0 Å². The zero-order chi connectivity index (χ0) is 27.2. The van der Waals surface area contributed by atoms with E-state index in [2.05, 4.69) is 34.1 Å². The number of pyridine rings is 1. The fourth-order valence-electron chi connectivity index (χ4n) is 6.26. The second-order valence-corrected chi connectivity index (χ2v) is 10.8. The number of ether oxygens (including phenoxy) is 1. The van der Waals surface area contributed by atoms with Crippen LogP contribution in [0.1, 0.15) is 75.3 Å². The minimum Gasteiger partial charge on any atom is -0.450 e. The molecule has 2 saturated heterocycles. The Hall–Kier alpha value is -3.57. The average Bonchev–Trinajstić information content (AvgIpc) is 3.43. The summed E-state index contributed by atoms with van der Waals surface area (Å²) >= 11 is 0. The monoisotopic (exact) mass is 521 g/mol. The molecule has 2 aliphatic rings. The minimum atomic E-state index is -0.568. The molecule has 2 bridgehead atoms. The number of aromatic nitrogens is 4. The summed E-state index contributed by atoms with van der Waals surface area (Å²) in [5.41, 5.74) is 9.44. The zero-order valence-corrected chi connectivity index (χ0v) is 22.3. The number of nitrogens with two attached hydrogens (primary N) is 1. The molecular formula is C27H35N7O4. The van der Waals surface area contributed by atoms with Crippen molar-refractivity contribution in [1.29, 1.82) is 0 Å². The minimum absolute atomic E-state index is 0.0708. The van der Waals surface area contributed by atoms with E-state index in [4.69, 9.17) is 15.5 Å². The lowest BCUT2D eigenvalue weighted by Crippen LogP contribution is -2.55. The molecule has 5 heterocycles. The highest BCUT2D eigenvalue weighted by atomic mass is 16.5. The fraction of sp³-hybridized carbons (Fsp3) is 0.519. The second-order valence-electron chi connectivity index (χ2n) is 10.8. The summed E-state index contributed by atoms with van der Waals surface area (Å²) in [5, 5.41) is 17.0. The van der Waals surface area contributed by atoms with Crippen LogP contribution in [0.25, 0.3) is 16.8 Å². The zero-order valence-electron chi connectivity index (χ0n) is 22.3. The lowest BCUT2D eigenvalue weighted by Gasteiger charge is -2.47. The van der Waals surface area contributed by atoms with E-state index >= 15 is 0 Å². The van der Waals surface area contributed by atoms with Gasteiger partial charge < -0.3 is 15.6 Å². The molecule has 202 valence electrons. The molecule has 3 aromatic rings. The Morgan fingerprint density at radius 3 is 2.50 bits per heavy atom. The number of carbonyl (C=O) groups is 2. The van der Waals surface area contributed by atoms with Crippen molar-refractivity contribution < 1.29 is 19.4 Å². The molecule has 4 N–H and O–H groups in total. The average molecular weight is 522 g/mol. The van der Waals surface area contributed by atoms with Crippen LogP contribution in [-0.4, -0.2) is 72.3 Å². The first-order chi connectivity index (χ1) is 18.1. The highest BCUT2D eigenvalue weighted by Gasteiger charge is 2.48. The SMILES string of the molecule is CCOC(=O)Nc1ccc(-c2cnn3c(N)c(C(C)=O)c(C4CC5CC[C@H](C4)N5C(C)(C)CO)nc23)cn1. The Morgan fingerprint density at radius 2 is 1.92 bits per heavy atom. The molecular weight excluding hydrogens is 486 g/mol. The van der Waals surface area contributed by atoms with Gasteiger partial charge in [0.1, 0.15) is 11.6 Å². The van der Waals surface area contributed by atoms with Crippen molar-refractivity contribution in [1.82, 2.24) is 24.5 Å². The predicted molar refractivity (Wildman–Crippen MR) is 143 cm³/mol. The molecule has 1 amide bonds. The van der Waals surface area contributed by atoms with Crippen molar-refractivity contribution in [3.63, 3.8) is 0 Å². The summed E-state index contributed by atoms with van der Waals surface area (Å²) in [5.74, 6) is 0.582. The third-order valence-electron chi connectivity index (χ3n) is 7.85. The van der Waals surface area contributed by atoms with Crippen LogP contribution in [0.4, 0.5) is 16.4 Å². The first-order valence-electron chi connectivity index (χ1n) is 13.1. The normalized spacial score (nSPS) is 21.6. The second kappa shape index (κ2) is 9.95. The number of rotatable bonds is 7. The van der Waals surface area contributed by atoms with E-state index in [9.17, 15) is 14.7 Å². The number of aliphatic hydroxyl groups is 1. The van der Waals surface area contributed by atoms with Crippen LogP contribution in [0.2, 0.25) is 0 Å². The molecule has 0 aliphatic carbocycles. The van der Waals surface area contributed by atoms with Crippen LogP contribution in [0, 0.1) is 0 Å². The molecule has 3 atom stereocenters. The summed E-state index contributed by atoms with van der Waals surface area (Å²) in [6, 6.07) is 4.12. The van der Waals surface area contributed by atoms with Gasteiger partial charge in [-0.3, -0.25) is 15.0 Å². The number of nitrogen functional groups attached to an aromatic ring is 1. The van der Waals surface area contributed by atoms with Gasteiger partial charge in [0.05, 0.1) is 30.7 Å². The number of ketones is 1. The molecule has 11 heteroatoms. The molecule has 0 saturated carbocycles. The number of nitrogens with one attached hydrogen (secondary N) is 1. The lowest BCUT2D eigenvalue weighted by molar-refractivity contribution is -0.00967. The highest BCUT2D eigenvalue weighted by molar-refractivity contribution is 6.00. The van der Waals surface area contributed by atoms with E-state index in [-0.39, 0.29) is 36.3 Å². The third kappa shape index (κ3) is 4.49. The van der Waals surface area contributed by atoms with Crippen LogP contribution in [0.5, 0.6) is 0 Å². The first kappa shape index (κ1) is 26.1. The third-order valence-corrected chi connectivity index (χ3v) is 7.85. The summed E-state index contributed by atoms with van der Waals surface area (Å²) < 4.78 is 6.41. The number of hydrogen-bond acceptors (Lipinski definition) is 9. The van der Waals surface area contributed by atoms with Crippen LogP contribution in [0.15, 0.2) is 24.5 Å². The van der Waals surface area contributed by atoms with Gasteiger partial charge in [-0.2, -0.15) is 9.61 Å². The number of piperidine rings is 1. The maximum Gasteiger partial charge on any atom is 0.412 e. The largest absolute Gasteiger partial charge is 0.450 e. The van der Waals surface area contributed by atoms with Crippen molar-refractivity contribution in [2.24, 2.45) is 0 Å². The molecule has 2 unspecified atom stereocenters. The van der Waals surface area contributed by atoms with Gasteiger partial charge in [-0.25, -0.2) is 14.8 Å². The molecule has 3 aromatic heterocycles. The van der Waals surface area contributed by atoms with E-state index in [1.54, 1.807) is 25.4 Å². The molecule has 0 aromatic carbocycles. The molecule has 2 fully saturated rings. The standard InChI is InChI=1S/C27H35N7O4/c1-5-38-26(37)31-21-9-6-16(12-29-21)20-13-30-34-24(28)22(15(2)36)23(32-25(20)34)17-10-18-7-8-19(11-17)33(18)27(3,4)14-35/h6,9,12-13,17-19,35H,5,7-8,10-11,14,28H2,1-4H3,(H,29,31,37)/t17?,18-,19?/m1/s1. The summed E-state index contributed by atoms with van der Waals surface area (Å²) in [7, 11) is 0. The Bertz CT molecular complexity index is 1350. The van der Waals surface area contributed by atoms with Crippen molar-refractivity contribution in [3.05, 3.63) is 35.8 Å². The maximum absolute atomic E-state index is 12.8. The Kier molecular flexibility index (Phi) is 6.83. The Morgan fingerprint density at radius 1 is 1.21 bits per heavy atom. The van der Waals surface area contributed by atoms with Gasteiger partial charge in [0.2, 0.25) is 0 Å². The van der Waals surface area contributed by atoms with Gasteiger partial charge >= 0.3 is 6.09 Å². The number of nitrogens with zero attached hydrogens (tertiary/aromatic N) is 5. The molecule has 2 aliphatic heterocycles. The number of carbonyl (C=O) groups excluding carboxylic acids is 2. The van der Waals surface area contributed by atoms with Crippen LogP contribution in [0.3, 0.4) is 0 Å². The van der Waals surface area contributed by atoms with E-state index < -0.39 is 6.09 Å². The molecule has 11 nitrogen and oxygen atoms in total. The number of fused-ring (bicyclic) bond motifs is 3. The Balaban J connectivity index is 1.52. The van der Waals surface area contributed by atoms with Crippen molar-refractivity contribution >= 4 is 29.2 Å². The number of anilines is 2. The van der Waals surface area contributed by atoms with Crippen LogP contribution < -0.4 is 11.1 Å². The number of aliphatic hydroxyl groups excluding tert-OH is 1. The van der Waals surface area contributed by atoms with Crippen LogP contribution in [-0.2, 0) is 4.74 Å². The number of Topliss-reactive ketones (excluding diaryl/α,β-unsaturated/α-hetero) is 1. The van der Waals surface area contributed by atoms with Crippen molar-refractivity contribution in [2.75, 3.05) is 24.3 Å². The summed E-state index contributed by atoms with van der Waals surface area (Å²) in [4.78, 5) is 36.3. The summed E-state index contributed by atoms with van der Waals surface area (Å²) in [6.45, 7) is 7.79. The van der Waals surface area contributed by atoms with Gasteiger partial charge in [0.15, 0.2) is 11.4 Å². The lowest BCUT2D eigenvalue weighted by atomic mass is 9.83. The molecule has 38 heavy (non-hydrogen) atoms. The summed E-state index contributed by atoms with van der Waals surface area (Å²) in [6.07, 6.45) is 6.55. The van der Waals surface area contributed by atoms with Crippen LogP contribution >= 0.6 is 0 Å². The van der Waals surface area contributed by atoms with Gasteiger partial charge in [0, 0.05) is 40.9 Å². The van der Waals surface area contributed by atoms with E-state index in [0.717, 1.165) is 42.5 Å². The molecule has 0 radical (unpaired) electrons. The van der Waals surface area contributed by atoms with E-state index in [0.29, 0.717) is 29.1 Å². The predicted octanol–water partition coefficient (Wildman–Crippen LogP) is 3.63. The fourth-order valence-corrected chi connectivity index (χ4v) is 6.26. The quantitative estimate of drug-likeness (QED) is 0.396. The smallest absolute Gasteiger partial charge is 0.412 e. The number of hydrogen-bond donors (Lipinski definition) is 3. The van der Waals surface area contributed by atoms with Crippen molar-refractivity contribution in [2.45, 2.75) is 76.9 Å². The Labute approximate surface area is 221 Å². The van der Waals surface area contributed by atoms with Gasteiger partial charge in [-0.1, -0.05) is 0 Å². The van der Waals surface area contributed by atoms with E-state index in [1.165, 1.54) is 11.4 Å². The topological polar surface area (TPSA) is 148 Å². The highest BCUT2D eigenvalue weighted by Crippen LogP contribution is 2.47. The maximum atomic E-state index is 12.8.